The molecule has 1 amide bonds. The van der Waals surface area contributed by atoms with E-state index in [1.807, 2.05) is 23.1 Å². The zero-order valence-electron chi connectivity index (χ0n) is 16.6. The molecule has 1 saturated heterocycles. The second-order valence-corrected chi connectivity index (χ2v) is 7.76. The number of rotatable bonds is 4. The quantitative estimate of drug-likeness (QED) is 0.798. The minimum Gasteiger partial charge on any atom is -0.379 e. The number of oxime groups is 1. The van der Waals surface area contributed by atoms with Gasteiger partial charge < -0.3 is 9.74 Å². The molecule has 2 aliphatic heterocycles. The summed E-state index contributed by atoms with van der Waals surface area (Å²) in [6.45, 7) is 5.50. The van der Waals surface area contributed by atoms with Crippen molar-refractivity contribution >= 4 is 11.6 Å². The predicted octanol–water partition coefficient (Wildman–Crippen LogP) is 2.84. The largest absolute Gasteiger partial charge is 0.379 e. The van der Waals surface area contributed by atoms with Gasteiger partial charge in [-0.05, 0) is 31.5 Å². The van der Waals surface area contributed by atoms with E-state index in [-0.39, 0.29) is 18.1 Å². The summed E-state index contributed by atoms with van der Waals surface area (Å²) in [5.74, 6) is -0.446. The van der Waals surface area contributed by atoms with Crippen molar-refractivity contribution in [1.29, 1.82) is 0 Å². The molecule has 1 aromatic carbocycles. The van der Waals surface area contributed by atoms with Gasteiger partial charge in [0, 0.05) is 50.9 Å². The Bertz CT molecular complexity index is 905. The zero-order chi connectivity index (χ0) is 20.3. The van der Waals surface area contributed by atoms with Crippen LogP contribution in [0.15, 0.2) is 53.8 Å². The number of halogens is 1. The summed E-state index contributed by atoms with van der Waals surface area (Å²) in [4.78, 5) is 27.3. The molecule has 6 nitrogen and oxygen atoms in total. The van der Waals surface area contributed by atoms with E-state index in [1.54, 1.807) is 31.3 Å². The van der Waals surface area contributed by atoms with Crippen LogP contribution in [-0.4, -0.2) is 58.2 Å². The third-order valence-electron chi connectivity index (χ3n) is 5.49. The number of hydrogen-bond acceptors (Lipinski definition) is 5. The third kappa shape index (κ3) is 4.29. The van der Waals surface area contributed by atoms with Crippen molar-refractivity contribution in [2.24, 2.45) is 5.16 Å². The van der Waals surface area contributed by atoms with Gasteiger partial charge in [-0.25, -0.2) is 4.39 Å². The summed E-state index contributed by atoms with van der Waals surface area (Å²) in [6, 6.07) is 12.4. The summed E-state index contributed by atoms with van der Waals surface area (Å²) < 4.78 is 14.1. The third-order valence-corrected chi connectivity index (χ3v) is 5.49. The van der Waals surface area contributed by atoms with E-state index in [4.69, 9.17) is 4.84 Å². The van der Waals surface area contributed by atoms with Gasteiger partial charge in [-0.15, -0.1) is 0 Å². The topological polar surface area (TPSA) is 58.0 Å². The van der Waals surface area contributed by atoms with Gasteiger partial charge in [0.2, 0.25) is 5.60 Å². The Morgan fingerprint density at radius 2 is 1.97 bits per heavy atom. The van der Waals surface area contributed by atoms with Crippen LogP contribution in [0.5, 0.6) is 0 Å². The fourth-order valence-electron chi connectivity index (χ4n) is 3.88. The smallest absolute Gasteiger partial charge is 0.269 e. The molecule has 0 aliphatic carbocycles. The highest BCUT2D eigenvalue weighted by Gasteiger charge is 2.45. The molecular weight excluding hydrogens is 371 g/mol. The number of benzene rings is 1. The highest BCUT2D eigenvalue weighted by Crippen LogP contribution is 2.30. The van der Waals surface area contributed by atoms with Crippen LogP contribution >= 0.6 is 0 Å². The van der Waals surface area contributed by atoms with Crippen LogP contribution in [0.25, 0.3) is 0 Å². The van der Waals surface area contributed by atoms with E-state index < -0.39 is 5.60 Å². The van der Waals surface area contributed by atoms with Gasteiger partial charge in [0.1, 0.15) is 5.82 Å². The van der Waals surface area contributed by atoms with Crippen LogP contribution in [0.1, 0.15) is 31.0 Å². The predicted molar refractivity (Wildman–Crippen MR) is 108 cm³/mol. The summed E-state index contributed by atoms with van der Waals surface area (Å²) in [7, 11) is 0. The molecule has 0 spiro atoms. The van der Waals surface area contributed by atoms with Crippen molar-refractivity contribution in [2.45, 2.75) is 31.9 Å². The van der Waals surface area contributed by atoms with Gasteiger partial charge in [0.15, 0.2) is 0 Å². The molecule has 0 radical (unpaired) electrons. The van der Waals surface area contributed by atoms with E-state index in [9.17, 15) is 9.18 Å². The standard InChI is InChI=1S/C22H25FN4O2/c1-22(15-20(25-29-22)18-8-2-3-9-19(18)23)21(28)27-12-6-11-26(13-14-27)16-17-7-4-5-10-24-17/h2-5,7-10H,6,11-16H2,1H3. The van der Waals surface area contributed by atoms with Crippen LogP contribution in [0.4, 0.5) is 4.39 Å². The fraction of sp³-hybridized carbons (Fsp3) is 0.409. The van der Waals surface area contributed by atoms with Crippen LogP contribution < -0.4 is 0 Å². The first-order valence-electron chi connectivity index (χ1n) is 9.97. The van der Waals surface area contributed by atoms with E-state index in [0.717, 1.165) is 31.7 Å². The molecule has 1 unspecified atom stereocenters. The van der Waals surface area contributed by atoms with Crippen molar-refractivity contribution in [2.75, 3.05) is 26.2 Å². The van der Waals surface area contributed by atoms with Crippen molar-refractivity contribution in [3.8, 4) is 0 Å². The Labute approximate surface area is 170 Å². The number of carbonyl (C=O) groups excluding carboxylic acids is 1. The molecule has 0 saturated carbocycles. The van der Waals surface area contributed by atoms with Gasteiger partial charge in [-0.2, -0.15) is 0 Å². The monoisotopic (exact) mass is 396 g/mol. The molecule has 29 heavy (non-hydrogen) atoms. The number of pyridine rings is 1. The molecule has 4 rings (SSSR count). The van der Waals surface area contributed by atoms with E-state index in [0.29, 0.717) is 24.4 Å². The Hall–Kier alpha value is -2.80. The van der Waals surface area contributed by atoms with Gasteiger partial charge in [-0.3, -0.25) is 14.7 Å². The molecule has 1 aromatic heterocycles. The van der Waals surface area contributed by atoms with Crippen molar-refractivity contribution in [3.63, 3.8) is 0 Å². The molecule has 0 bridgehead atoms. The lowest BCUT2D eigenvalue weighted by Crippen LogP contribution is -2.48. The maximum Gasteiger partial charge on any atom is 0.269 e. The second kappa shape index (κ2) is 8.29. The Morgan fingerprint density at radius 3 is 2.76 bits per heavy atom. The van der Waals surface area contributed by atoms with E-state index in [1.165, 1.54) is 6.07 Å². The lowest BCUT2D eigenvalue weighted by atomic mass is 9.94. The van der Waals surface area contributed by atoms with Crippen molar-refractivity contribution in [3.05, 3.63) is 65.7 Å². The molecule has 1 fully saturated rings. The average molecular weight is 396 g/mol. The first kappa shape index (κ1) is 19.5. The molecule has 7 heteroatoms. The Morgan fingerprint density at radius 1 is 1.14 bits per heavy atom. The lowest BCUT2D eigenvalue weighted by molar-refractivity contribution is -0.153. The van der Waals surface area contributed by atoms with Gasteiger partial charge in [0.05, 0.1) is 11.4 Å². The number of hydrogen-bond donors (Lipinski definition) is 0. The number of aromatic nitrogens is 1. The Kier molecular flexibility index (Phi) is 5.58. The molecule has 3 heterocycles. The van der Waals surface area contributed by atoms with Crippen LogP contribution in [-0.2, 0) is 16.2 Å². The summed E-state index contributed by atoms with van der Waals surface area (Å²) in [6.07, 6.45) is 2.95. The molecule has 0 N–H and O–H groups in total. The highest BCUT2D eigenvalue weighted by atomic mass is 19.1. The first-order valence-corrected chi connectivity index (χ1v) is 9.97. The summed E-state index contributed by atoms with van der Waals surface area (Å²) in [5, 5.41) is 4.04. The summed E-state index contributed by atoms with van der Waals surface area (Å²) in [5.41, 5.74) is 0.807. The normalized spacial score (nSPS) is 22.7. The first-order chi connectivity index (χ1) is 14.0. The van der Waals surface area contributed by atoms with Gasteiger partial charge in [-0.1, -0.05) is 29.4 Å². The number of carbonyl (C=O) groups is 1. The zero-order valence-corrected chi connectivity index (χ0v) is 16.6. The minimum absolute atomic E-state index is 0.0905. The number of nitrogens with zero attached hydrogens (tertiary/aromatic N) is 4. The van der Waals surface area contributed by atoms with Crippen LogP contribution in [0.3, 0.4) is 0 Å². The van der Waals surface area contributed by atoms with Gasteiger partial charge in [0.25, 0.3) is 5.91 Å². The maximum absolute atomic E-state index is 14.1. The van der Waals surface area contributed by atoms with E-state index in [2.05, 4.69) is 15.0 Å². The maximum atomic E-state index is 14.1. The molecule has 2 aromatic rings. The van der Waals surface area contributed by atoms with Crippen molar-refractivity contribution in [1.82, 2.24) is 14.8 Å². The minimum atomic E-state index is -1.09. The molecule has 152 valence electrons. The SMILES string of the molecule is CC1(C(=O)N2CCCN(Cc3ccccn3)CC2)CC(c2ccccc2F)=NO1. The second-order valence-electron chi connectivity index (χ2n) is 7.76. The summed E-state index contributed by atoms with van der Waals surface area (Å²) >= 11 is 0. The van der Waals surface area contributed by atoms with Crippen LogP contribution in [0, 0.1) is 5.82 Å². The van der Waals surface area contributed by atoms with Crippen molar-refractivity contribution < 1.29 is 14.0 Å². The fourth-order valence-corrected chi connectivity index (χ4v) is 3.88. The Balaban J connectivity index is 1.38. The van der Waals surface area contributed by atoms with Crippen LogP contribution in [0.2, 0.25) is 0 Å². The van der Waals surface area contributed by atoms with Gasteiger partial charge >= 0.3 is 0 Å². The molecule has 1 atom stereocenters. The molecular formula is C22H25FN4O2. The number of amides is 1. The van der Waals surface area contributed by atoms with E-state index >= 15 is 0 Å². The molecule has 2 aliphatic rings. The average Bonchev–Trinajstić information content (AvgIpc) is 2.99. The lowest BCUT2D eigenvalue weighted by Gasteiger charge is -2.29. The highest BCUT2D eigenvalue weighted by molar-refractivity contribution is 6.05.